The van der Waals surface area contributed by atoms with Crippen molar-refractivity contribution in [2.75, 3.05) is 18.4 Å². The molecule has 0 unspecified atom stereocenters. The maximum atomic E-state index is 12.5. The first-order valence-corrected chi connectivity index (χ1v) is 7.64. The molecular formula is C15H19N3OS. The molecule has 0 fully saturated rings. The molecule has 20 heavy (non-hydrogen) atoms. The van der Waals surface area contributed by atoms with Crippen LogP contribution in [-0.4, -0.2) is 28.9 Å². The summed E-state index contributed by atoms with van der Waals surface area (Å²) in [5, 5.41) is 5.16. The van der Waals surface area contributed by atoms with Crippen molar-refractivity contribution in [1.29, 1.82) is 0 Å². The Balaban J connectivity index is 2.13. The predicted octanol–water partition coefficient (Wildman–Crippen LogP) is 3.24. The molecule has 2 rings (SSSR count). The highest BCUT2D eigenvalue weighted by Crippen LogP contribution is 2.15. The summed E-state index contributed by atoms with van der Waals surface area (Å²) in [5.74, 6) is 0.785. The fourth-order valence-electron chi connectivity index (χ4n) is 1.94. The molecule has 2 aromatic heterocycles. The van der Waals surface area contributed by atoms with Gasteiger partial charge in [0.1, 0.15) is 5.82 Å². The molecule has 0 aliphatic heterocycles. The highest BCUT2D eigenvalue weighted by Gasteiger charge is 2.15. The van der Waals surface area contributed by atoms with Crippen molar-refractivity contribution in [3.63, 3.8) is 0 Å². The summed E-state index contributed by atoms with van der Waals surface area (Å²) in [5.41, 5.74) is 0.675. The van der Waals surface area contributed by atoms with E-state index in [0.29, 0.717) is 18.7 Å². The van der Waals surface area contributed by atoms with Gasteiger partial charge in [0.25, 0.3) is 5.91 Å². The first-order valence-electron chi connectivity index (χ1n) is 6.76. The Morgan fingerprint density at radius 3 is 2.90 bits per heavy atom. The number of nitrogens with one attached hydrogen (secondary N) is 1. The third-order valence-electron chi connectivity index (χ3n) is 2.96. The Morgan fingerprint density at radius 1 is 1.40 bits per heavy atom. The molecule has 2 heterocycles. The Labute approximate surface area is 123 Å². The zero-order valence-corrected chi connectivity index (χ0v) is 12.6. The average molecular weight is 289 g/mol. The second kappa shape index (κ2) is 7.05. The van der Waals surface area contributed by atoms with E-state index in [-0.39, 0.29) is 5.91 Å². The van der Waals surface area contributed by atoms with Gasteiger partial charge in [-0.1, -0.05) is 6.07 Å². The van der Waals surface area contributed by atoms with Crippen molar-refractivity contribution in [1.82, 2.24) is 9.88 Å². The zero-order chi connectivity index (χ0) is 14.4. The second-order valence-corrected chi connectivity index (χ2v) is 5.39. The van der Waals surface area contributed by atoms with Gasteiger partial charge < -0.3 is 10.2 Å². The van der Waals surface area contributed by atoms with Gasteiger partial charge in [0.15, 0.2) is 0 Å². The standard InChI is InChI=1S/C15H19N3OS/c1-3-16-14-10-12(7-8-17-14)15(19)18(4-2)11-13-6-5-9-20-13/h5-10H,3-4,11H2,1-2H3,(H,16,17). The molecule has 2 aromatic rings. The molecule has 0 aromatic carbocycles. The minimum atomic E-state index is 0.0439. The van der Waals surface area contributed by atoms with Crippen molar-refractivity contribution in [2.24, 2.45) is 0 Å². The van der Waals surface area contributed by atoms with Crippen LogP contribution in [0.3, 0.4) is 0 Å². The fourth-order valence-corrected chi connectivity index (χ4v) is 2.66. The van der Waals surface area contributed by atoms with E-state index in [0.717, 1.165) is 12.4 Å². The number of pyridine rings is 1. The van der Waals surface area contributed by atoms with Gasteiger partial charge in [-0.25, -0.2) is 4.98 Å². The number of anilines is 1. The molecule has 106 valence electrons. The lowest BCUT2D eigenvalue weighted by atomic mass is 10.2. The SMILES string of the molecule is CCNc1cc(C(=O)N(CC)Cc2cccs2)ccn1. The average Bonchev–Trinajstić information content (AvgIpc) is 2.98. The lowest BCUT2D eigenvalue weighted by Crippen LogP contribution is -2.30. The van der Waals surface area contributed by atoms with Gasteiger partial charge in [-0.05, 0) is 37.4 Å². The number of hydrogen-bond acceptors (Lipinski definition) is 4. The predicted molar refractivity (Wildman–Crippen MR) is 83.1 cm³/mol. The minimum Gasteiger partial charge on any atom is -0.370 e. The van der Waals surface area contributed by atoms with Crippen molar-refractivity contribution in [3.8, 4) is 0 Å². The molecule has 1 amide bonds. The van der Waals surface area contributed by atoms with E-state index in [1.807, 2.05) is 36.3 Å². The molecule has 5 heteroatoms. The third kappa shape index (κ3) is 3.57. The Morgan fingerprint density at radius 2 is 2.25 bits per heavy atom. The first-order chi connectivity index (χ1) is 9.74. The number of thiophene rings is 1. The van der Waals surface area contributed by atoms with Crippen LogP contribution in [0.4, 0.5) is 5.82 Å². The summed E-state index contributed by atoms with van der Waals surface area (Å²) in [7, 11) is 0. The molecule has 0 radical (unpaired) electrons. The summed E-state index contributed by atoms with van der Waals surface area (Å²) in [6, 6.07) is 7.63. The molecule has 0 spiro atoms. The molecule has 4 nitrogen and oxygen atoms in total. The summed E-state index contributed by atoms with van der Waals surface area (Å²) < 4.78 is 0. The highest BCUT2D eigenvalue weighted by molar-refractivity contribution is 7.09. The molecule has 0 aliphatic carbocycles. The van der Waals surface area contributed by atoms with E-state index in [9.17, 15) is 4.79 Å². The van der Waals surface area contributed by atoms with E-state index in [4.69, 9.17) is 0 Å². The monoisotopic (exact) mass is 289 g/mol. The van der Waals surface area contributed by atoms with Gasteiger partial charge in [-0.3, -0.25) is 4.79 Å². The van der Waals surface area contributed by atoms with Crippen LogP contribution in [0.25, 0.3) is 0 Å². The summed E-state index contributed by atoms with van der Waals surface area (Å²) in [6.07, 6.45) is 1.67. The topological polar surface area (TPSA) is 45.2 Å². The molecule has 0 atom stereocenters. The normalized spacial score (nSPS) is 10.3. The number of hydrogen-bond donors (Lipinski definition) is 1. The maximum absolute atomic E-state index is 12.5. The van der Waals surface area contributed by atoms with E-state index in [1.54, 1.807) is 23.6 Å². The number of nitrogens with zero attached hydrogens (tertiary/aromatic N) is 2. The fraction of sp³-hybridized carbons (Fsp3) is 0.333. The van der Waals surface area contributed by atoms with E-state index < -0.39 is 0 Å². The van der Waals surface area contributed by atoms with Crippen LogP contribution in [0.5, 0.6) is 0 Å². The molecule has 0 saturated carbocycles. The van der Waals surface area contributed by atoms with Crippen LogP contribution in [0.1, 0.15) is 29.1 Å². The van der Waals surface area contributed by atoms with Crippen molar-refractivity contribution in [2.45, 2.75) is 20.4 Å². The Hall–Kier alpha value is -1.88. The zero-order valence-electron chi connectivity index (χ0n) is 11.8. The third-order valence-corrected chi connectivity index (χ3v) is 3.82. The molecular weight excluding hydrogens is 270 g/mol. The van der Waals surface area contributed by atoms with Gasteiger partial charge in [0, 0.05) is 29.7 Å². The van der Waals surface area contributed by atoms with Gasteiger partial charge in [0.2, 0.25) is 0 Å². The number of rotatable bonds is 6. The van der Waals surface area contributed by atoms with Crippen molar-refractivity contribution in [3.05, 3.63) is 46.3 Å². The number of carbonyl (C=O) groups is 1. The van der Waals surface area contributed by atoms with Crippen LogP contribution < -0.4 is 5.32 Å². The molecule has 0 bridgehead atoms. The van der Waals surface area contributed by atoms with Gasteiger partial charge in [-0.15, -0.1) is 11.3 Å². The molecule has 1 N–H and O–H groups in total. The second-order valence-electron chi connectivity index (χ2n) is 4.36. The van der Waals surface area contributed by atoms with Crippen LogP contribution >= 0.6 is 11.3 Å². The largest absolute Gasteiger partial charge is 0.370 e. The number of amides is 1. The molecule has 0 saturated heterocycles. The highest BCUT2D eigenvalue weighted by atomic mass is 32.1. The van der Waals surface area contributed by atoms with Crippen molar-refractivity contribution >= 4 is 23.1 Å². The van der Waals surface area contributed by atoms with E-state index >= 15 is 0 Å². The number of carbonyl (C=O) groups excluding carboxylic acids is 1. The molecule has 0 aliphatic rings. The summed E-state index contributed by atoms with van der Waals surface area (Å²) in [6.45, 7) is 6.14. The van der Waals surface area contributed by atoms with Crippen LogP contribution in [0.15, 0.2) is 35.8 Å². The number of aromatic nitrogens is 1. The first kappa shape index (κ1) is 14.5. The van der Waals surface area contributed by atoms with Gasteiger partial charge >= 0.3 is 0 Å². The Kier molecular flexibility index (Phi) is 5.12. The van der Waals surface area contributed by atoms with E-state index in [2.05, 4.69) is 16.4 Å². The van der Waals surface area contributed by atoms with Crippen LogP contribution in [0.2, 0.25) is 0 Å². The van der Waals surface area contributed by atoms with Gasteiger partial charge in [-0.2, -0.15) is 0 Å². The van der Waals surface area contributed by atoms with Crippen LogP contribution in [0, 0.1) is 0 Å². The Bertz CT molecular complexity index is 554. The maximum Gasteiger partial charge on any atom is 0.254 e. The van der Waals surface area contributed by atoms with E-state index in [1.165, 1.54) is 4.88 Å². The summed E-state index contributed by atoms with van der Waals surface area (Å²) >= 11 is 1.67. The quantitative estimate of drug-likeness (QED) is 0.888. The van der Waals surface area contributed by atoms with Crippen molar-refractivity contribution < 1.29 is 4.79 Å². The minimum absolute atomic E-state index is 0.0439. The smallest absolute Gasteiger partial charge is 0.254 e. The van der Waals surface area contributed by atoms with Gasteiger partial charge in [0.05, 0.1) is 6.54 Å². The summed E-state index contributed by atoms with van der Waals surface area (Å²) in [4.78, 5) is 19.8. The van der Waals surface area contributed by atoms with Crippen LogP contribution in [-0.2, 0) is 6.54 Å². The lowest BCUT2D eigenvalue weighted by molar-refractivity contribution is 0.0754. The lowest BCUT2D eigenvalue weighted by Gasteiger charge is -2.20.